The molecule has 4 rings (SSSR count). The number of benzene rings is 3. The van der Waals surface area contributed by atoms with Gasteiger partial charge in [0.1, 0.15) is 5.82 Å². The Morgan fingerprint density at radius 3 is 2.44 bits per heavy atom. The molecule has 1 heterocycles. The van der Waals surface area contributed by atoms with E-state index >= 15 is 0 Å². The largest absolute Gasteiger partial charge is 0.322 e. The van der Waals surface area contributed by atoms with Gasteiger partial charge >= 0.3 is 6.03 Å². The first kappa shape index (κ1) is 23.5. The van der Waals surface area contributed by atoms with E-state index in [0.29, 0.717) is 29.8 Å². The molecule has 3 aromatic carbocycles. The third kappa shape index (κ3) is 4.67. The van der Waals surface area contributed by atoms with Gasteiger partial charge in [0.25, 0.3) is 5.56 Å². The zero-order valence-corrected chi connectivity index (χ0v) is 20.1. The standard InChI is InChI=1S/C28H32N4O2/c1-4-6-19-31(28(34)30-24-17-11-13-21-12-7-8-14-22(21)24)20(3)26-29-25-16-10-9-15-23(25)27(33)32(26)18-5-2/h7-17,20H,4-6,18-19H2,1-3H3,(H,30,34). The maximum atomic E-state index is 13.6. The number of nitrogens with zero attached hydrogens (tertiary/aromatic N) is 3. The molecule has 0 spiro atoms. The Morgan fingerprint density at radius 1 is 0.971 bits per heavy atom. The number of anilines is 1. The highest BCUT2D eigenvalue weighted by atomic mass is 16.2. The summed E-state index contributed by atoms with van der Waals surface area (Å²) in [6.45, 7) is 7.23. The van der Waals surface area contributed by atoms with Crippen molar-refractivity contribution in [3.8, 4) is 0 Å². The van der Waals surface area contributed by atoms with Crippen LogP contribution in [0.5, 0.6) is 0 Å². The smallest absolute Gasteiger partial charge is 0.315 e. The van der Waals surface area contributed by atoms with Crippen molar-refractivity contribution in [2.75, 3.05) is 11.9 Å². The zero-order chi connectivity index (χ0) is 24.1. The molecule has 0 fully saturated rings. The van der Waals surface area contributed by atoms with Gasteiger partial charge in [0, 0.05) is 18.5 Å². The monoisotopic (exact) mass is 456 g/mol. The molecule has 1 atom stereocenters. The molecular weight excluding hydrogens is 424 g/mol. The van der Waals surface area contributed by atoms with E-state index in [1.165, 1.54) is 0 Å². The summed E-state index contributed by atoms with van der Waals surface area (Å²) in [7, 11) is 0. The fourth-order valence-electron chi connectivity index (χ4n) is 4.40. The van der Waals surface area contributed by atoms with Crippen molar-refractivity contribution in [3.05, 3.63) is 82.9 Å². The van der Waals surface area contributed by atoms with Crippen LogP contribution < -0.4 is 10.9 Å². The number of carbonyl (C=O) groups is 1. The Balaban J connectivity index is 1.74. The van der Waals surface area contributed by atoms with Crippen molar-refractivity contribution in [1.29, 1.82) is 0 Å². The summed E-state index contributed by atoms with van der Waals surface area (Å²) in [5.74, 6) is 0.620. The SMILES string of the molecule is CCCCN(C(=O)Nc1cccc2ccccc12)C(C)c1nc2ccccc2c(=O)n1CCC. The van der Waals surface area contributed by atoms with E-state index in [4.69, 9.17) is 4.98 Å². The van der Waals surface area contributed by atoms with Gasteiger partial charge in [0.15, 0.2) is 0 Å². The molecule has 6 nitrogen and oxygen atoms in total. The van der Waals surface area contributed by atoms with Crippen LogP contribution >= 0.6 is 0 Å². The van der Waals surface area contributed by atoms with Crippen LogP contribution in [0.2, 0.25) is 0 Å². The number of urea groups is 1. The Labute approximate surface area is 200 Å². The van der Waals surface area contributed by atoms with Gasteiger partial charge in [0.05, 0.1) is 22.6 Å². The first-order valence-corrected chi connectivity index (χ1v) is 12.1. The molecule has 1 N–H and O–H groups in total. The number of aromatic nitrogens is 2. The molecule has 1 aromatic heterocycles. The number of hydrogen-bond acceptors (Lipinski definition) is 3. The van der Waals surface area contributed by atoms with Gasteiger partial charge in [-0.2, -0.15) is 0 Å². The Hall–Kier alpha value is -3.67. The molecule has 34 heavy (non-hydrogen) atoms. The third-order valence-electron chi connectivity index (χ3n) is 6.22. The lowest BCUT2D eigenvalue weighted by Crippen LogP contribution is -2.40. The van der Waals surface area contributed by atoms with Gasteiger partial charge < -0.3 is 10.2 Å². The number of para-hydroxylation sites is 1. The minimum absolute atomic E-state index is 0.0563. The third-order valence-corrected chi connectivity index (χ3v) is 6.22. The molecule has 6 heteroatoms. The molecule has 1 unspecified atom stereocenters. The van der Waals surface area contributed by atoms with Crippen LogP contribution in [0, 0.1) is 0 Å². The number of unbranched alkanes of at least 4 members (excludes halogenated alkanes) is 1. The minimum Gasteiger partial charge on any atom is -0.315 e. The number of nitrogens with one attached hydrogen (secondary N) is 1. The van der Waals surface area contributed by atoms with Gasteiger partial charge in [-0.3, -0.25) is 9.36 Å². The molecule has 4 aromatic rings. The van der Waals surface area contributed by atoms with E-state index < -0.39 is 0 Å². The van der Waals surface area contributed by atoms with Crippen molar-refractivity contribution in [1.82, 2.24) is 14.5 Å². The maximum Gasteiger partial charge on any atom is 0.322 e. The number of rotatable bonds is 8. The van der Waals surface area contributed by atoms with Crippen molar-refractivity contribution in [2.24, 2.45) is 0 Å². The normalized spacial score (nSPS) is 12.1. The molecule has 176 valence electrons. The number of fused-ring (bicyclic) bond motifs is 2. The Morgan fingerprint density at radius 2 is 1.68 bits per heavy atom. The highest BCUT2D eigenvalue weighted by molar-refractivity contribution is 6.01. The van der Waals surface area contributed by atoms with Crippen molar-refractivity contribution < 1.29 is 4.79 Å². The van der Waals surface area contributed by atoms with E-state index in [1.54, 1.807) is 9.47 Å². The van der Waals surface area contributed by atoms with Gasteiger partial charge in [-0.05, 0) is 43.4 Å². The van der Waals surface area contributed by atoms with Crippen LogP contribution in [0.3, 0.4) is 0 Å². The molecule has 0 radical (unpaired) electrons. The van der Waals surface area contributed by atoms with Gasteiger partial charge in [-0.25, -0.2) is 9.78 Å². The molecule has 0 aliphatic carbocycles. The summed E-state index contributed by atoms with van der Waals surface area (Å²) in [4.78, 5) is 33.5. The lowest BCUT2D eigenvalue weighted by atomic mass is 10.1. The number of hydrogen-bond donors (Lipinski definition) is 1. The first-order valence-electron chi connectivity index (χ1n) is 12.1. The molecular formula is C28H32N4O2. The molecule has 0 aliphatic heterocycles. The highest BCUT2D eigenvalue weighted by Crippen LogP contribution is 2.26. The minimum atomic E-state index is -0.370. The zero-order valence-electron chi connectivity index (χ0n) is 20.1. The van der Waals surface area contributed by atoms with Crippen molar-refractivity contribution in [2.45, 2.75) is 52.6 Å². The average Bonchev–Trinajstić information content (AvgIpc) is 2.86. The summed E-state index contributed by atoms with van der Waals surface area (Å²) in [5, 5.41) is 5.79. The summed E-state index contributed by atoms with van der Waals surface area (Å²) in [5.41, 5.74) is 1.38. The Bertz CT molecular complexity index is 1360. The van der Waals surface area contributed by atoms with E-state index in [0.717, 1.165) is 35.7 Å². The fourth-order valence-corrected chi connectivity index (χ4v) is 4.40. The van der Waals surface area contributed by atoms with Crippen LogP contribution in [0.1, 0.15) is 51.9 Å². The lowest BCUT2D eigenvalue weighted by Gasteiger charge is -2.31. The van der Waals surface area contributed by atoms with Crippen molar-refractivity contribution in [3.63, 3.8) is 0 Å². The summed E-state index contributed by atoms with van der Waals surface area (Å²) in [6, 6.07) is 20.7. The summed E-state index contributed by atoms with van der Waals surface area (Å²) < 4.78 is 1.73. The van der Waals surface area contributed by atoms with Gasteiger partial charge in [0.2, 0.25) is 0 Å². The molecule has 0 saturated carbocycles. The molecule has 0 aliphatic rings. The second-order valence-corrected chi connectivity index (χ2v) is 8.62. The lowest BCUT2D eigenvalue weighted by molar-refractivity contribution is 0.187. The van der Waals surface area contributed by atoms with E-state index in [9.17, 15) is 9.59 Å². The topological polar surface area (TPSA) is 67.2 Å². The highest BCUT2D eigenvalue weighted by Gasteiger charge is 2.26. The van der Waals surface area contributed by atoms with E-state index in [2.05, 4.69) is 12.2 Å². The Kier molecular flexibility index (Phi) is 7.26. The van der Waals surface area contributed by atoms with E-state index in [-0.39, 0.29) is 17.6 Å². The van der Waals surface area contributed by atoms with Crippen LogP contribution in [0.15, 0.2) is 71.5 Å². The van der Waals surface area contributed by atoms with Gasteiger partial charge in [-0.15, -0.1) is 0 Å². The van der Waals surface area contributed by atoms with Crippen LogP contribution in [-0.4, -0.2) is 27.0 Å². The van der Waals surface area contributed by atoms with Crippen LogP contribution in [0.25, 0.3) is 21.7 Å². The molecule has 0 bridgehead atoms. The molecule has 2 amide bonds. The predicted octanol–water partition coefficient (Wildman–Crippen LogP) is 6.35. The second-order valence-electron chi connectivity index (χ2n) is 8.62. The average molecular weight is 457 g/mol. The van der Waals surface area contributed by atoms with Crippen LogP contribution in [-0.2, 0) is 6.54 Å². The van der Waals surface area contributed by atoms with Crippen molar-refractivity contribution >= 4 is 33.4 Å². The summed E-state index contributed by atoms with van der Waals surface area (Å²) >= 11 is 0. The predicted molar refractivity (Wildman–Crippen MR) is 139 cm³/mol. The number of amides is 2. The van der Waals surface area contributed by atoms with Gasteiger partial charge in [-0.1, -0.05) is 68.8 Å². The summed E-state index contributed by atoms with van der Waals surface area (Å²) in [6.07, 6.45) is 2.62. The fraction of sp³-hybridized carbons (Fsp3) is 0.321. The van der Waals surface area contributed by atoms with Crippen LogP contribution in [0.4, 0.5) is 10.5 Å². The first-order chi connectivity index (χ1) is 16.5. The maximum absolute atomic E-state index is 13.6. The number of carbonyl (C=O) groups excluding carboxylic acids is 1. The second kappa shape index (κ2) is 10.5. The van der Waals surface area contributed by atoms with E-state index in [1.807, 2.05) is 80.6 Å². The molecule has 0 saturated heterocycles. The quantitative estimate of drug-likeness (QED) is 0.336.